The lowest BCUT2D eigenvalue weighted by Gasteiger charge is -2.08. The van der Waals surface area contributed by atoms with Crippen molar-refractivity contribution in [1.29, 1.82) is 0 Å². The average molecular weight is 511 g/mol. The molecular weight excluding hydrogens is 487 g/mol. The van der Waals surface area contributed by atoms with Gasteiger partial charge in [0.25, 0.3) is 0 Å². The molecular formula is C29H23FN4O2S. The van der Waals surface area contributed by atoms with Crippen LogP contribution in [0.4, 0.5) is 4.39 Å². The second-order valence-electron chi connectivity index (χ2n) is 9.25. The SMILES string of the molecule is CS(=O)(=O)CCc1cc(F)cc(-c2cccc3[nH]c(-c4n[nH]c5ccc(-c6ccncc6)cc45)cc23)c1. The molecule has 0 saturated carbocycles. The van der Waals surface area contributed by atoms with Crippen LogP contribution in [0.2, 0.25) is 0 Å². The fraction of sp³-hybridized carbons (Fsp3) is 0.103. The van der Waals surface area contributed by atoms with Crippen LogP contribution in [0.25, 0.3) is 55.4 Å². The lowest BCUT2D eigenvalue weighted by atomic mass is 9.98. The highest BCUT2D eigenvalue weighted by Gasteiger charge is 2.15. The van der Waals surface area contributed by atoms with Gasteiger partial charge in [-0.05, 0) is 82.8 Å². The fourth-order valence-electron chi connectivity index (χ4n) is 4.73. The van der Waals surface area contributed by atoms with Crippen LogP contribution in [-0.2, 0) is 16.3 Å². The molecule has 6 nitrogen and oxygen atoms in total. The Bertz CT molecular complexity index is 1880. The molecule has 6 aromatic rings. The number of nitrogens with zero attached hydrogens (tertiary/aromatic N) is 2. The number of aryl methyl sites for hydroxylation is 1. The molecule has 0 atom stereocenters. The van der Waals surface area contributed by atoms with Crippen molar-refractivity contribution in [2.45, 2.75) is 6.42 Å². The van der Waals surface area contributed by atoms with Crippen LogP contribution in [0.5, 0.6) is 0 Å². The van der Waals surface area contributed by atoms with Gasteiger partial charge >= 0.3 is 0 Å². The Morgan fingerprint density at radius 2 is 1.68 bits per heavy atom. The molecule has 8 heteroatoms. The van der Waals surface area contributed by atoms with Crippen molar-refractivity contribution in [2.24, 2.45) is 0 Å². The van der Waals surface area contributed by atoms with Gasteiger partial charge in [0.2, 0.25) is 0 Å². The largest absolute Gasteiger partial charge is 0.353 e. The number of aromatic nitrogens is 4. The van der Waals surface area contributed by atoms with E-state index < -0.39 is 15.7 Å². The molecule has 0 saturated heterocycles. The highest BCUT2D eigenvalue weighted by atomic mass is 32.2. The van der Waals surface area contributed by atoms with Crippen LogP contribution in [0.3, 0.4) is 0 Å². The van der Waals surface area contributed by atoms with Crippen LogP contribution in [0.1, 0.15) is 5.56 Å². The number of sulfone groups is 1. The number of aromatic amines is 2. The Hall–Kier alpha value is -4.30. The first-order valence-electron chi connectivity index (χ1n) is 11.8. The van der Waals surface area contributed by atoms with E-state index in [4.69, 9.17) is 0 Å². The first-order chi connectivity index (χ1) is 17.8. The Balaban J connectivity index is 1.44. The summed E-state index contributed by atoms with van der Waals surface area (Å²) >= 11 is 0. The van der Waals surface area contributed by atoms with Crippen molar-refractivity contribution < 1.29 is 12.8 Å². The van der Waals surface area contributed by atoms with Gasteiger partial charge in [0.1, 0.15) is 21.3 Å². The lowest BCUT2D eigenvalue weighted by Crippen LogP contribution is -2.06. The van der Waals surface area contributed by atoms with E-state index in [0.717, 1.165) is 49.9 Å². The molecule has 3 aromatic heterocycles. The van der Waals surface area contributed by atoms with Gasteiger partial charge in [-0.2, -0.15) is 5.10 Å². The number of halogens is 1. The van der Waals surface area contributed by atoms with Crippen molar-refractivity contribution in [1.82, 2.24) is 20.2 Å². The molecule has 3 aromatic carbocycles. The summed E-state index contributed by atoms with van der Waals surface area (Å²) in [7, 11) is -3.15. The predicted octanol–water partition coefficient (Wildman–Crippen LogP) is 6.17. The fourth-order valence-corrected chi connectivity index (χ4v) is 5.34. The third-order valence-corrected chi connectivity index (χ3v) is 7.47. The van der Waals surface area contributed by atoms with Crippen molar-refractivity contribution in [2.75, 3.05) is 12.0 Å². The van der Waals surface area contributed by atoms with E-state index >= 15 is 0 Å². The summed E-state index contributed by atoms with van der Waals surface area (Å²) in [6, 6.07) is 22.7. The summed E-state index contributed by atoms with van der Waals surface area (Å²) in [6.45, 7) is 0. The molecule has 0 amide bonds. The highest BCUT2D eigenvalue weighted by Crippen LogP contribution is 2.35. The predicted molar refractivity (Wildman–Crippen MR) is 145 cm³/mol. The van der Waals surface area contributed by atoms with Crippen molar-refractivity contribution >= 4 is 31.6 Å². The third-order valence-electron chi connectivity index (χ3n) is 6.53. The molecule has 2 N–H and O–H groups in total. The molecule has 0 aliphatic rings. The number of H-pyrrole nitrogens is 2. The number of hydrogen-bond acceptors (Lipinski definition) is 4. The maximum Gasteiger partial charge on any atom is 0.147 e. The van der Waals surface area contributed by atoms with E-state index in [1.54, 1.807) is 12.4 Å². The number of pyridine rings is 1. The number of rotatable bonds is 6. The molecule has 0 aliphatic heterocycles. The summed E-state index contributed by atoms with van der Waals surface area (Å²) in [5.41, 5.74) is 7.80. The molecule has 37 heavy (non-hydrogen) atoms. The van der Waals surface area contributed by atoms with Gasteiger partial charge < -0.3 is 4.98 Å². The van der Waals surface area contributed by atoms with E-state index in [2.05, 4.69) is 26.2 Å². The van der Waals surface area contributed by atoms with Crippen molar-refractivity contribution in [3.8, 4) is 33.6 Å². The second kappa shape index (κ2) is 8.97. The Labute approximate surface area is 213 Å². The number of fused-ring (bicyclic) bond motifs is 2. The summed E-state index contributed by atoms with van der Waals surface area (Å²) in [6.07, 6.45) is 4.99. The summed E-state index contributed by atoms with van der Waals surface area (Å²) in [5.74, 6) is -0.419. The minimum Gasteiger partial charge on any atom is -0.353 e. The maximum atomic E-state index is 14.5. The molecule has 0 fully saturated rings. The zero-order valence-corrected chi connectivity index (χ0v) is 20.8. The van der Waals surface area contributed by atoms with Crippen LogP contribution >= 0.6 is 0 Å². The van der Waals surface area contributed by atoms with Crippen LogP contribution < -0.4 is 0 Å². The number of nitrogens with one attached hydrogen (secondary N) is 2. The highest BCUT2D eigenvalue weighted by molar-refractivity contribution is 7.90. The first kappa shape index (κ1) is 23.1. The monoisotopic (exact) mass is 510 g/mol. The average Bonchev–Trinajstić information content (AvgIpc) is 3.51. The normalized spacial score (nSPS) is 11.9. The minimum atomic E-state index is -3.15. The maximum absolute atomic E-state index is 14.5. The van der Waals surface area contributed by atoms with Crippen molar-refractivity contribution in [3.63, 3.8) is 0 Å². The van der Waals surface area contributed by atoms with Crippen molar-refractivity contribution in [3.05, 3.63) is 96.6 Å². The molecule has 6 rings (SSSR count). The van der Waals surface area contributed by atoms with E-state index in [-0.39, 0.29) is 12.2 Å². The molecule has 0 spiro atoms. The standard InChI is InChI=1S/C29H23FN4O2S/c1-37(35,36)12-9-18-13-21(15-22(30)14-18)23-3-2-4-26-24(23)17-28(32-26)29-25-16-20(5-6-27(25)33-34-29)19-7-10-31-11-8-19/h2-8,10-11,13-17,32H,9,12H2,1H3,(H,33,34). The number of hydrogen-bond donors (Lipinski definition) is 2. The van der Waals surface area contributed by atoms with Crippen LogP contribution in [0, 0.1) is 5.82 Å². The van der Waals surface area contributed by atoms with E-state index in [0.29, 0.717) is 11.1 Å². The molecule has 0 radical (unpaired) electrons. The van der Waals surface area contributed by atoms with E-state index in [1.807, 2.05) is 54.6 Å². The van der Waals surface area contributed by atoms with E-state index in [9.17, 15) is 12.8 Å². The Morgan fingerprint density at radius 1 is 0.838 bits per heavy atom. The summed E-state index contributed by atoms with van der Waals surface area (Å²) < 4.78 is 37.8. The minimum absolute atomic E-state index is 0.0257. The van der Waals surface area contributed by atoms with Gasteiger partial charge in [-0.1, -0.05) is 24.3 Å². The number of benzene rings is 3. The molecule has 0 unspecified atom stereocenters. The van der Waals surface area contributed by atoms with Gasteiger partial charge in [0.15, 0.2) is 0 Å². The van der Waals surface area contributed by atoms with Gasteiger partial charge in [0, 0.05) is 34.9 Å². The van der Waals surface area contributed by atoms with E-state index in [1.165, 1.54) is 18.4 Å². The van der Waals surface area contributed by atoms with Gasteiger partial charge in [-0.15, -0.1) is 0 Å². The molecule has 0 aliphatic carbocycles. The van der Waals surface area contributed by atoms with Crippen LogP contribution in [0.15, 0.2) is 85.2 Å². The third kappa shape index (κ3) is 4.63. The quantitative estimate of drug-likeness (QED) is 0.280. The topological polar surface area (TPSA) is 91.5 Å². The smallest absolute Gasteiger partial charge is 0.147 e. The molecule has 3 heterocycles. The molecule has 0 bridgehead atoms. The van der Waals surface area contributed by atoms with Crippen LogP contribution in [-0.4, -0.2) is 40.6 Å². The Kier molecular flexibility index (Phi) is 5.61. The summed E-state index contributed by atoms with van der Waals surface area (Å²) in [4.78, 5) is 7.57. The first-order valence-corrected chi connectivity index (χ1v) is 13.9. The lowest BCUT2D eigenvalue weighted by molar-refractivity contribution is 0.600. The second-order valence-corrected chi connectivity index (χ2v) is 11.5. The van der Waals surface area contributed by atoms with Gasteiger partial charge in [0.05, 0.1) is 17.0 Å². The molecule has 184 valence electrons. The van der Waals surface area contributed by atoms with Gasteiger partial charge in [-0.25, -0.2) is 12.8 Å². The summed E-state index contributed by atoms with van der Waals surface area (Å²) in [5, 5.41) is 9.62. The van der Waals surface area contributed by atoms with Gasteiger partial charge in [-0.3, -0.25) is 10.1 Å². The zero-order valence-electron chi connectivity index (χ0n) is 20.0. The Morgan fingerprint density at radius 3 is 2.49 bits per heavy atom. The zero-order chi connectivity index (χ0) is 25.6.